The van der Waals surface area contributed by atoms with Crippen molar-refractivity contribution in [2.24, 2.45) is 17.8 Å². The number of piperidine rings is 1. The molecule has 3 atom stereocenters. The van der Waals surface area contributed by atoms with Gasteiger partial charge >= 0.3 is 6.09 Å². The van der Waals surface area contributed by atoms with Gasteiger partial charge in [0.15, 0.2) is 0 Å². The first kappa shape index (κ1) is 13.6. The van der Waals surface area contributed by atoms with Crippen LogP contribution in [0.15, 0.2) is 0 Å². The molecule has 7 nitrogen and oxygen atoms in total. The molecular formula is C13H21N3O4. The molecule has 2 saturated heterocycles. The first-order valence-corrected chi connectivity index (χ1v) is 7.22. The molecule has 0 spiro atoms. The molecule has 2 amide bonds. The summed E-state index contributed by atoms with van der Waals surface area (Å²) in [6.07, 6.45) is -0.872. The number of fused-ring (bicyclic) bond motifs is 1. The van der Waals surface area contributed by atoms with Crippen LogP contribution in [0.3, 0.4) is 0 Å². The first-order chi connectivity index (χ1) is 9.66. The average molecular weight is 283 g/mol. The molecule has 1 saturated carbocycles. The van der Waals surface area contributed by atoms with E-state index in [1.165, 1.54) is 4.90 Å². The summed E-state index contributed by atoms with van der Waals surface area (Å²) in [5.74, 6) is 0.623. The molecule has 0 unspecified atom stereocenters. The van der Waals surface area contributed by atoms with Gasteiger partial charge < -0.3 is 20.1 Å². The van der Waals surface area contributed by atoms with Crippen LogP contribution in [0.1, 0.15) is 0 Å². The minimum atomic E-state index is -0.872. The predicted molar refractivity (Wildman–Crippen MR) is 70.3 cm³/mol. The Hall–Kier alpha value is -1.34. The van der Waals surface area contributed by atoms with Gasteiger partial charge in [-0.15, -0.1) is 0 Å². The molecule has 0 radical (unpaired) electrons. The standard InChI is InChI=1S/C13H21N3O4/c17-12(14-1-2-15-3-5-20-6-4-15)11-9-7-16(13(18)19)8-10(9)11/h9-11H,1-8H2,(H,14,17)(H,18,19)/t9-,10+,11+. The molecule has 0 bridgehead atoms. The number of nitrogens with zero attached hydrogens (tertiary/aromatic N) is 2. The summed E-state index contributed by atoms with van der Waals surface area (Å²) in [7, 11) is 0. The number of hydrogen-bond donors (Lipinski definition) is 2. The van der Waals surface area contributed by atoms with Crippen LogP contribution < -0.4 is 5.32 Å². The lowest BCUT2D eigenvalue weighted by atomic mass is 10.2. The Labute approximate surface area is 117 Å². The molecule has 7 heteroatoms. The van der Waals surface area contributed by atoms with Crippen LogP contribution in [-0.4, -0.2) is 79.4 Å². The summed E-state index contributed by atoms with van der Waals surface area (Å²) in [6, 6.07) is 0. The number of morpholine rings is 1. The van der Waals surface area contributed by atoms with E-state index in [2.05, 4.69) is 10.2 Å². The summed E-state index contributed by atoms with van der Waals surface area (Å²) in [6.45, 7) is 5.95. The van der Waals surface area contributed by atoms with E-state index in [-0.39, 0.29) is 23.7 Å². The van der Waals surface area contributed by atoms with E-state index in [1.807, 2.05) is 0 Å². The van der Waals surface area contributed by atoms with Gasteiger partial charge in [0.1, 0.15) is 0 Å². The second kappa shape index (κ2) is 5.57. The molecular weight excluding hydrogens is 262 g/mol. The number of nitrogens with one attached hydrogen (secondary N) is 1. The molecule has 2 aliphatic heterocycles. The molecule has 0 aromatic heterocycles. The van der Waals surface area contributed by atoms with Gasteiger partial charge in [-0.1, -0.05) is 0 Å². The van der Waals surface area contributed by atoms with Crippen molar-refractivity contribution in [2.75, 3.05) is 52.5 Å². The number of carbonyl (C=O) groups is 2. The zero-order valence-corrected chi connectivity index (χ0v) is 11.5. The van der Waals surface area contributed by atoms with Crippen LogP contribution in [0.25, 0.3) is 0 Å². The van der Waals surface area contributed by atoms with Crippen molar-refractivity contribution >= 4 is 12.0 Å². The maximum atomic E-state index is 12.0. The third-order valence-electron chi connectivity index (χ3n) is 4.60. The number of likely N-dealkylation sites (tertiary alicyclic amines) is 1. The van der Waals surface area contributed by atoms with E-state index < -0.39 is 6.09 Å². The van der Waals surface area contributed by atoms with Gasteiger partial charge in [0.05, 0.1) is 13.2 Å². The van der Waals surface area contributed by atoms with Crippen molar-refractivity contribution in [3.63, 3.8) is 0 Å². The summed E-state index contributed by atoms with van der Waals surface area (Å²) >= 11 is 0. The number of hydrogen-bond acceptors (Lipinski definition) is 4. The van der Waals surface area contributed by atoms with Crippen LogP contribution in [-0.2, 0) is 9.53 Å². The fourth-order valence-electron chi connectivity index (χ4n) is 3.35. The van der Waals surface area contributed by atoms with Crippen molar-refractivity contribution in [2.45, 2.75) is 0 Å². The van der Waals surface area contributed by atoms with Gasteiger partial charge in [0, 0.05) is 45.2 Å². The molecule has 0 aromatic carbocycles. The second-order valence-electron chi connectivity index (χ2n) is 5.79. The highest BCUT2D eigenvalue weighted by molar-refractivity contribution is 5.83. The monoisotopic (exact) mass is 283 g/mol. The van der Waals surface area contributed by atoms with Gasteiger partial charge in [-0.25, -0.2) is 4.79 Å². The van der Waals surface area contributed by atoms with E-state index in [9.17, 15) is 9.59 Å². The SMILES string of the molecule is O=C(NCCN1CCOCC1)[C@H]1[C@@H]2CN(C(=O)O)C[C@@H]21. The van der Waals surface area contributed by atoms with E-state index in [1.54, 1.807) is 0 Å². The van der Waals surface area contributed by atoms with Crippen molar-refractivity contribution in [1.29, 1.82) is 0 Å². The number of amides is 2. The number of rotatable bonds is 4. The normalized spacial score (nSPS) is 32.8. The lowest BCUT2D eigenvalue weighted by Crippen LogP contribution is -2.42. The fourth-order valence-corrected chi connectivity index (χ4v) is 3.35. The smallest absolute Gasteiger partial charge is 0.407 e. The second-order valence-corrected chi connectivity index (χ2v) is 5.79. The van der Waals surface area contributed by atoms with Crippen LogP contribution in [0.4, 0.5) is 4.79 Å². The highest BCUT2D eigenvalue weighted by atomic mass is 16.5. The van der Waals surface area contributed by atoms with E-state index >= 15 is 0 Å². The largest absolute Gasteiger partial charge is 0.465 e. The van der Waals surface area contributed by atoms with E-state index in [0.29, 0.717) is 19.6 Å². The Kier molecular flexibility index (Phi) is 3.80. The molecule has 112 valence electrons. The highest BCUT2D eigenvalue weighted by Gasteiger charge is 2.60. The molecule has 1 aliphatic carbocycles. The molecule has 2 N–H and O–H groups in total. The van der Waals surface area contributed by atoms with Crippen LogP contribution in [0.2, 0.25) is 0 Å². The Morgan fingerprint density at radius 3 is 2.45 bits per heavy atom. The zero-order valence-electron chi connectivity index (χ0n) is 11.5. The Morgan fingerprint density at radius 1 is 1.20 bits per heavy atom. The van der Waals surface area contributed by atoms with Crippen molar-refractivity contribution in [3.05, 3.63) is 0 Å². The Morgan fingerprint density at radius 2 is 1.85 bits per heavy atom. The lowest BCUT2D eigenvalue weighted by molar-refractivity contribution is -0.123. The maximum absolute atomic E-state index is 12.0. The average Bonchev–Trinajstić information content (AvgIpc) is 2.94. The van der Waals surface area contributed by atoms with Gasteiger partial charge in [-0.3, -0.25) is 9.69 Å². The fraction of sp³-hybridized carbons (Fsp3) is 0.846. The first-order valence-electron chi connectivity index (χ1n) is 7.22. The third-order valence-corrected chi connectivity index (χ3v) is 4.60. The van der Waals surface area contributed by atoms with Gasteiger partial charge in [-0.2, -0.15) is 0 Å². The number of carboxylic acid groups (broad SMARTS) is 1. The summed E-state index contributed by atoms with van der Waals surface area (Å²) in [5.41, 5.74) is 0. The van der Waals surface area contributed by atoms with Crippen LogP contribution >= 0.6 is 0 Å². The minimum absolute atomic E-state index is 0.0373. The highest BCUT2D eigenvalue weighted by Crippen LogP contribution is 2.51. The van der Waals surface area contributed by atoms with Gasteiger partial charge in [0.2, 0.25) is 5.91 Å². The Balaban J connectivity index is 1.34. The molecule has 20 heavy (non-hydrogen) atoms. The quantitative estimate of drug-likeness (QED) is 0.712. The predicted octanol–water partition coefficient (Wildman–Crippen LogP) is -0.709. The number of ether oxygens (including phenoxy) is 1. The summed E-state index contributed by atoms with van der Waals surface area (Å²) < 4.78 is 5.27. The topological polar surface area (TPSA) is 82.1 Å². The number of carbonyl (C=O) groups excluding carboxylic acids is 1. The van der Waals surface area contributed by atoms with Crippen molar-refractivity contribution < 1.29 is 19.4 Å². The zero-order chi connectivity index (χ0) is 14.1. The summed E-state index contributed by atoms with van der Waals surface area (Å²) in [4.78, 5) is 26.5. The maximum Gasteiger partial charge on any atom is 0.407 e. The summed E-state index contributed by atoms with van der Waals surface area (Å²) in [5, 5.41) is 11.8. The lowest BCUT2D eigenvalue weighted by Gasteiger charge is -2.26. The minimum Gasteiger partial charge on any atom is -0.465 e. The van der Waals surface area contributed by atoms with Gasteiger partial charge in [-0.05, 0) is 11.8 Å². The Bertz CT molecular complexity index is 385. The van der Waals surface area contributed by atoms with Crippen molar-refractivity contribution in [1.82, 2.24) is 15.1 Å². The van der Waals surface area contributed by atoms with E-state index in [4.69, 9.17) is 9.84 Å². The van der Waals surface area contributed by atoms with Crippen molar-refractivity contribution in [3.8, 4) is 0 Å². The van der Waals surface area contributed by atoms with Crippen LogP contribution in [0, 0.1) is 17.8 Å². The molecule has 3 rings (SSSR count). The van der Waals surface area contributed by atoms with Crippen LogP contribution in [0.5, 0.6) is 0 Å². The third kappa shape index (κ3) is 2.73. The van der Waals surface area contributed by atoms with E-state index in [0.717, 1.165) is 32.8 Å². The molecule has 3 aliphatic rings. The molecule has 0 aromatic rings. The molecule has 2 heterocycles. The molecule has 3 fully saturated rings. The van der Waals surface area contributed by atoms with Gasteiger partial charge in [0.25, 0.3) is 0 Å².